The molecular formula is C14H15FN2O2. The van der Waals surface area contributed by atoms with Gasteiger partial charge in [-0.1, -0.05) is 12.1 Å². The van der Waals surface area contributed by atoms with Crippen molar-refractivity contribution in [3.8, 4) is 0 Å². The summed E-state index contributed by atoms with van der Waals surface area (Å²) in [7, 11) is 0. The highest BCUT2D eigenvalue weighted by Crippen LogP contribution is 2.06. The van der Waals surface area contributed by atoms with Crippen molar-refractivity contribution in [2.45, 2.75) is 26.3 Å². The van der Waals surface area contributed by atoms with Crippen LogP contribution in [0.3, 0.4) is 0 Å². The van der Waals surface area contributed by atoms with E-state index >= 15 is 0 Å². The van der Waals surface area contributed by atoms with E-state index in [1.165, 1.54) is 12.1 Å². The summed E-state index contributed by atoms with van der Waals surface area (Å²) in [4.78, 5) is 15.6. The maximum Gasteiger partial charge on any atom is 0.220 e. The van der Waals surface area contributed by atoms with Crippen molar-refractivity contribution in [2.75, 3.05) is 0 Å². The molecule has 19 heavy (non-hydrogen) atoms. The highest BCUT2D eigenvalue weighted by molar-refractivity contribution is 5.76. The highest BCUT2D eigenvalue weighted by atomic mass is 19.1. The number of benzene rings is 1. The van der Waals surface area contributed by atoms with Gasteiger partial charge in [0.05, 0.1) is 12.7 Å². The highest BCUT2D eigenvalue weighted by Gasteiger charge is 2.05. The van der Waals surface area contributed by atoms with E-state index in [1.54, 1.807) is 25.3 Å². The predicted molar refractivity (Wildman–Crippen MR) is 67.8 cm³/mol. The van der Waals surface area contributed by atoms with Crippen molar-refractivity contribution in [3.05, 3.63) is 53.5 Å². The van der Waals surface area contributed by atoms with Crippen LogP contribution in [0.1, 0.15) is 23.6 Å². The van der Waals surface area contributed by atoms with E-state index in [-0.39, 0.29) is 18.3 Å². The van der Waals surface area contributed by atoms with E-state index in [2.05, 4.69) is 10.3 Å². The monoisotopic (exact) mass is 262 g/mol. The van der Waals surface area contributed by atoms with E-state index < -0.39 is 0 Å². The lowest BCUT2D eigenvalue weighted by molar-refractivity contribution is -0.121. The molecule has 100 valence electrons. The fourth-order valence-corrected chi connectivity index (χ4v) is 1.70. The number of halogens is 1. The number of hydrogen-bond donors (Lipinski definition) is 1. The number of aromatic nitrogens is 1. The van der Waals surface area contributed by atoms with Crippen molar-refractivity contribution < 1.29 is 13.6 Å². The molecule has 0 aliphatic heterocycles. The average molecular weight is 262 g/mol. The van der Waals surface area contributed by atoms with Crippen molar-refractivity contribution in [1.82, 2.24) is 10.3 Å². The molecule has 0 atom stereocenters. The van der Waals surface area contributed by atoms with Crippen LogP contribution >= 0.6 is 0 Å². The third-order valence-electron chi connectivity index (χ3n) is 2.64. The van der Waals surface area contributed by atoms with Gasteiger partial charge in [0.25, 0.3) is 0 Å². The summed E-state index contributed by atoms with van der Waals surface area (Å²) in [6.45, 7) is 2.07. The smallest absolute Gasteiger partial charge is 0.220 e. The molecule has 0 aliphatic rings. The minimum atomic E-state index is -0.284. The summed E-state index contributed by atoms with van der Waals surface area (Å²) in [6.07, 6.45) is 2.42. The van der Waals surface area contributed by atoms with Crippen LogP contribution in [0.25, 0.3) is 0 Å². The zero-order valence-corrected chi connectivity index (χ0v) is 10.6. The van der Waals surface area contributed by atoms with Gasteiger partial charge in [-0.15, -0.1) is 0 Å². The second-order valence-electron chi connectivity index (χ2n) is 4.27. The van der Waals surface area contributed by atoms with Crippen molar-refractivity contribution in [3.63, 3.8) is 0 Å². The number of aryl methyl sites for hydroxylation is 2. The fraction of sp³-hybridized carbons (Fsp3) is 0.286. The quantitative estimate of drug-likeness (QED) is 0.900. The maximum absolute atomic E-state index is 12.9. The molecule has 4 nitrogen and oxygen atoms in total. The minimum absolute atomic E-state index is 0.111. The summed E-state index contributed by atoms with van der Waals surface area (Å²) in [5, 5.41) is 2.71. The average Bonchev–Trinajstić information content (AvgIpc) is 2.80. The largest absolute Gasteiger partial charge is 0.444 e. The number of nitrogens with one attached hydrogen (secondary N) is 1. The summed E-state index contributed by atoms with van der Waals surface area (Å²) < 4.78 is 18.2. The van der Waals surface area contributed by atoms with Crippen LogP contribution in [-0.4, -0.2) is 10.9 Å². The van der Waals surface area contributed by atoms with Crippen LogP contribution in [0.4, 0.5) is 4.39 Å². The number of oxazole rings is 1. The molecule has 0 unspecified atom stereocenters. The first kappa shape index (κ1) is 13.3. The van der Waals surface area contributed by atoms with Gasteiger partial charge >= 0.3 is 0 Å². The number of amides is 1. The van der Waals surface area contributed by atoms with Crippen molar-refractivity contribution in [1.29, 1.82) is 0 Å². The van der Waals surface area contributed by atoms with Gasteiger partial charge in [-0.25, -0.2) is 9.37 Å². The molecule has 0 saturated carbocycles. The topological polar surface area (TPSA) is 55.1 Å². The Morgan fingerprint density at radius 2 is 2.32 bits per heavy atom. The standard InChI is InChI=1S/C14H15FN2O2/c1-10-8-17-14(19-10)9-16-13(18)6-5-11-3-2-4-12(15)7-11/h2-4,7-8H,5-6,9H2,1H3,(H,16,18). The molecule has 0 spiro atoms. The summed E-state index contributed by atoms with van der Waals surface area (Å²) in [6, 6.07) is 6.26. The van der Waals surface area contributed by atoms with Crippen LogP contribution < -0.4 is 5.32 Å². The van der Waals surface area contributed by atoms with Crippen LogP contribution in [0.5, 0.6) is 0 Å². The van der Waals surface area contributed by atoms with Gasteiger partial charge in [0.1, 0.15) is 11.6 Å². The van der Waals surface area contributed by atoms with Gasteiger partial charge in [0.2, 0.25) is 11.8 Å². The molecule has 1 aromatic heterocycles. The van der Waals surface area contributed by atoms with Gasteiger partial charge in [-0.05, 0) is 31.0 Å². The number of carbonyl (C=O) groups excluding carboxylic acids is 1. The van der Waals surface area contributed by atoms with Crippen molar-refractivity contribution in [2.24, 2.45) is 0 Å². The number of hydrogen-bond acceptors (Lipinski definition) is 3. The van der Waals surface area contributed by atoms with Gasteiger partial charge in [0, 0.05) is 6.42 Å². The molecule has 1 aromatic carbocycles. The number of rotatable bonds is 5. The Morgan fingerprint density at radius 3 is 3.00 bits per heavy atom. The van der Waals surface area contributed by atoms with E-state index in [4.69, 9.17) is 4.42 Å². The minimum Gasteiger partial charge on any atom is -0.444 e. The van der Waals surface area contributed by atoms with E-state index in [0.717, 1.165) is 5.56 Å². The fourth-order valence-electron chi connectivity index (χ4n) is 1.70. The Morgan fingerprint density at radius 1 is 1.47 bits per heavy atom. The molecule has 2 rings (SSSR count). The molecule has 0 saturated heterocycles. The van der Waals surface area contributed by atoms with Gasteiger partial charge in [0.15, 0.2) is 0 Å². The van der Waals surface area contributed by atoms with Gasteiger partial charge in [-0.3, -0.25) is 4.79 Å². The number of nitrogens with zero attached hydrogens (tertiary/aromatic N) is 1. The molecule has 0 bridgehead atoms. The van der Waals surface area contributed by atoms with E-state index in [0.29, 0.717) is 24.5 Å². The third kappa shape index (κ3) is 4.21. The van der Waals surface area contributed by atoms with E-state index in [9.17, 15) is 9.18 Å². The molecule has 5 heteroatoms. The summed E-state index contributed by atoms with van der Waals surface area (Å²) in [5.41, 5.74) is 0.808. The molecule has 1 heterocycles. The predicted octanol–water partition coefficient (Wildman–Crippen LogP) is 2.37. The van der Waals surface area contributed by atoms with Crippen molar-refractivity contribution >= 4 is 5.91 Å². The first-order valence-corrected chi connectivity index (χ1v) is 6.06. The van der Waals surface area contributed by atoms with Crippen LogP contribution in [0.2, 0.25) is 0 Å². The Bertz CT molecular complexity index is 566. The summed E-state index contributed by atoms with van der Waals surface area (Å²) in [5.74, 6) is 0.800. The molecule has 0 aliphatic carbocycles. The molecular weight excluding hydrogens is 247 g/mol. The SMILES string of the molecule is Cc1cnc(CNC(=O)CCc2cccc(F)c2)o1. The molecule has 0 radical (unpaired) electrons. The lowest BCUT2D eigenvalue weighted by Gasteiger charge is -2.03. The third-order valence-corrected chi connectivity index (χ3v) is 2.64. The normalized spacial score (nSPS) is 10.4. The Balaban J connectivity index is 1.75. The molecule has 1 amide bonds. The number of carbonyl (C=O) groups is 1. The molecule has 1 N–H and O–H groups in total. The van der Waals surface area contributed by atoms with Gasteiger partial charge < -0.3 is 9.73 Å². The van der Waals surface area contributed by atoms with Crippen LogP contribution in [-0.2, 0) is 17.8 Å². The van der Waals surface area contributed by atoms with E-state index in [1.807, 2.05) is 0 Å². The van der Waals surface area contributed by atoms with Crippen LogP contribution in [0.15, 0.2) is 34.9 Å². The first-order valence-electron chi connectivity index (χ1n) is 6.06. The Labute approximate surface area is 110 Å². The Hall–Kier alpha value is -2.17. The Kier molecular flexibility index (Phi) is 4.28. The molecule has 0 fully saturated rings. The lowest BCUT2D eigenvalue weighted by atomic mass is 10.1. The maximum atomic E-state index is 12.9. The van der Waals surface area contributed by atoms with Crippen LogP contribution in [0, 0.1) is 12.7 Å². The zero-order valence-electron chi connectivity index (χ0n) is 10.6. The summed E-state index contributed by atoms with van der Waals surface area (Å²) >= 11 is 0. The molecule has 2 aromatic rings. The van der Waals surface area contributed by atoms with Gasteiger partial charge in [-0.2, -0.15) is 0 Å². The second-order valence-corrected chi connectivity index (χ2v) is 4.27. The zero-order chi connectivity index (χ0) is 13.7. The second kappa shape index (κ2) is 6.13. The lowest BCUT2D eigenvalue weighted by Crippen LogP contribution is -2.23. The first-order chi connectivity index (χ1) is 9.13.